The van der Waals surface area contributed by atoms with E-state index in [9.17, 15) is 13.6 Å². The fourth-order valence-electron chi connectivity index (χ4n) is 2.19. The third-order valence-electron chi connectivity index (χ3n) is 3.45. The minimum Gasteiger partial charge on any atom is -0.490 e. The fraction of sp³-hybridized carbons (Fsp3) is 0.118. The lowest BCUT2D eigenvalue weighted by Crippen LogP contribution is -2.16. The van der Waals surface area contributed by atoms with Gasteiger partial charge >= 0.3 is 0 Å². The molecular weight excluding hydrogens is 368 g/mol. The van der Waals surface area contributed by atoms with Crippen LogP contribution in [0.2, 0.25) is 5.02 Å². The number of nitrogens with zero attached hydrogens (tertiary/aromatic N) is 2. The number of aromatic nitrogens is 2. The molecule has 0 aliphatic rings. The number of carbonyl (C=O) groups is 1. The zero-order valence-electron chi connectivity index (χ0n) is 13.2. The molecule has 9 heteroatoms. The number of rotatable bonds is 6. The number of benzene rings is 2. The molecule has 0 aliphatic carbocycles. The smallest absolute Gasteiger partial charge is 0.254 e. The molecular formula is C17H12ClF2N3O3. The Morgan fingerprint density at radius 2 is 1.92 bits per heavy atom. The van der Waals surface area contributed by atoms with Gasteiger partial charge in [0, 0.05) is 10.6 Å². The van der Waals surface area contributed by atoms with Crippen molar-refractivity contribution in [1.82, 2.24) is 10.1 Å². The average Bonchev–Trinajstić information content (AvgIpc) is 3.06. The van der Waals surface area contributed by atoms with Gasteiger partial charge in [-0.15, -0.1) is 0 Å². The highest BCUT2D eigenvalue weighted by Crippen LogP contribution is 2.23. The molecule has 0 fully saturated rings. The molecule has 26 heavy (non-hydrogen) atoms. The van der Waals surface area contributed by atoms with Crippen LogP contribution >= 0.6 is 11.6 Å². The predicted molar refractivity (Wildman–Crippen MR) is 88.8 cm³/mol. The molecule has 1 heterocycles. The van der Waals surface area contributed by atoms with Crippen LogP contribution < -0.4 is 10.5 Å². The van der Waals surface area contributed by atoms with E-state index < -0.39 is 23.1 Å². The lowest BCUT2D eigenvalue weighted by Gasteiger charge is -2.08. The maximum atomic E-state index is 14.0. The zero-order valence-corrected chi connectivity index (χ0v) is 14.0. The number of nitrogens with two attached hydrogens (primary N) is 1. The van der Waals surface area contributed by atoms with E-state index in [-0.39, 0.29) is 24.7 Å². The van der Waals surface area contributed by atoms with Crippen molar-refractivity contribution in [2.45, 2.75) is 6.42 Å². The highest BCUT2D eigenvalue weighted by molar-refractivity contribution is 6.30. The number of hydrogen-bond acceptors (Lipinski definition) is 5. The van der Waals surface area contributed by atoms with Gasteiger partial charge < -0.3 is 15.0 Å². The Bertz CT molecular complexity index is 945. The summed E-state index contributed by atoms with van der Waals surface area (Å²) >= 11 is 5.82. The van der Waals surface area contributed by atoms with Gasteiger partial charge in [0.2, 0.25) is 11.7 Å². The first kappa shape index (κ1) is 17.8. The predicted octanol–water partition coefficient (Wildman–Crippen LogP) is 3.39. The van der Waals surface area contributed by atoms with Crippen LogP contribution in [0.15, 0.2) is 40.9 Å². The standard InChI is InChI=1S/C17H12ClF2N3O3/c18-10-3-1-9(2-4-10)17-22-13(26-23-17)7-8-25-12-6-5-11(19)14(15(12)20)16(21)24/h1-6H,7-8H2,(H2,21,24). The molecule has 0 spiro atoms. The van der Waals surface area contributed by atoms with Crippen molar-refractivity contribution in [2.24, 2.45) is 5.73 Å². The Hall–Kier alpha value is -3.00. The molecule has 2 N–H and O–H groups in total. The van der Waals surface area contributed by atoms with Crippen molar-refractivity contribution in [3.8, 4) is 17.1 Å². The molecule has 3 rings (SSSR count). The third kappa shape index (κ3) is 3.80. The lowest BCUT2D eigenvalue weighted by atomic mass is 10.1. The van der Waals surface area contributed by atoms with Crippen LogP contribution in [0.3, 0.4) is 0 Å². The van der Waals surface area contributed by atoms with Crippen LogP contribution in [0, 0.1) is 11.6 Å². The molecule has 3 aromatic rings. The Morgan fingerprint density at radius 1 is 1.19 bits per heavy atom. The summed E-state index contributed by atoms with van der Waals surface area (Å²) in [5.41, 5.74) is 4.84. The second kappa shape index (κ2) is 7.49. The number of amides is 1. The number of halogens is 3. The highest BCUT2D eigenvalue weighted by Gasteiger charge is 2.19. The SMILES string of the molecule is NC(=O)c1c(F)ccc(OCCc2nc(-c3ccc(Cl)cc3)no2)c1F. The van der Waals surface area contributed by atoms with Crippen LogP contribution in [-0.2, 0) is 6.42 Å². The third-order valence-corrected chi connectivity index (χ3v) is 3.70. The van der Waals surface area contributed by atoms with Crippen molar-refractivity contribution in [1.29, 1.82) is 0 Å². The summed E-state index contributed by atoms with van der Waals surface area (Å²) in [5, 5.41) is 4.42. The van der Waals surface area contributed by atoms with Gasteiger partial charge in [0.1, 0.15) is 11.4 Å². The molecule has 6 nitrogen and oxygen atoms in total. The maximum Gasteiger partial charge on any atom is 0.254 e. The molecule has 1 aromatic heterocycles. The van der Waals surface area contributed by atoms with Gasteiger partial charge in [0.15, 0.2) is 11.6 Å². The van der Waals surface area contributed by atoms with Gasteiger partial charge in [-0.05, 0) is 36.4 Å². The zero-order chi connectivity index (χ0) is 18.7. The Kier molecular flexibility index (Phi) is 5.13. The summed E-state index contributed by atoms with van der Waals surface area (Å²) in [7, 11) is 0. The van der Waals surface area contributed by atoms with Crippen LogP contribution in [0.5, 0.6) is 5.75 Å². The molecule has 0 radical (unpaired) electrons. The summed E-state index contributed by atoms with van der Waals surface area (Å²) in [6.07, 6.45) is 0.184. The van der Waals surface area contributed by atoms with Crippen LogP contribution in [0.25, 0.3) is 11.4 Å². The monoisotopic (exact) mass is 379 g/mol. The van der Waals surface area contributed by atoms with Gasteiger partial charge in [-0.25, -0.2) is 8.78 Å². The van der Waals surface area contributed by atoms with E-state index >= 15 is 0 Å². The number of ether oxygens (including phenoxy) is 1. The topological polar surface area (TPSA) is 91.2 Å². The molecule has 134 valence electrons. The van der Waals surface area contributed by atoms with Crippen LogP contribution in [0.4, 0.5) is 8.78 Å². The molecule has 0 aliphatic heterocycles. The van der Waals surface area contributed by atoms with E-state index in [1.807, 2.05) is 0 Å². The summed E-state index contributed by atoms with van der Waals surface area (Å²) in [6, 6.07) is 8.86. The summed E-state index contributed by atoms with van der Waals surface area (Å²) in [4.78, 5) is 15.3. The molecule has 0 atom stereocenters. The molecule has 0 unspecified atom stereocenters. The van der Waals surface area contributed by atoms with Gasteiger partial charge in [-0.3, -0.25) is 4.79 Å². The first-order valence-corrected chi connectivity index (χ1v) is 7.82. The minimum absolute atomic E-state index is 0.0248. The quantitative estimate of drug-likeness (QED) is 0.708. The van der Waals surface area contributed by atoms with Crippen molar-refractivity contribution in [3.05, 3.63) is 64.5 Å². The van der Waals surface area contributed by atoms with E-state index in [1.54, 1.807) is 24.3 Å². The van der Waals surface area contributed by atoms with Gasteiger partial charge in [-0.1, -0.05) is 16.8 Å². The second-order valence-corrected chi connectivity index (χ2v) is 5.65. The molecule has 2 aromatic carbocycles. The lowest BCUT2D eigenvalue weighted by molar-refractivity contribution is 0.0991. The number of carbonyl (C=O) groups excluding carboxylic acids is 1. The largest absolute Gasteiger partial charge is 0.490 e. The minimum atomic E-state index is -1.21. The maximum absolute atomic E-state index is 14.0. The van der Waals surface area contributed by atoms with Gasteiger partial charge in [0.05, 0.1) is 13.0 Å². The molecule has 0 saturated carbocycles. The molecule has 0 bridgehead atoms. The van der Waals surface area contributed by atoms with E-state index in [0.717, 1.165) is 17.7 Å². The second-order valence-electron chi connectivity index (χ2n) is 5.22. The summed E-state index contributed by atoms with van der Waals surface area (Å²) in [5.74, 6) is -3.06. The first-order chi connectivity index (χ1) is 12.5. The number of hydrogen-bond donors (Lipinski definition) is 1. The van der Waals surface area contributed by atoms with E-state index in [0.29, 0.717) is 10.8 Å². The first-order valence-electron chi connectivity index (χ1n) is 7.45. The normalized spacial score (nSPS) is 10.7. The van der Waals surface area contributed by atoms with Crippen molar-refractivity contribution in [2.75, 3.05) is 6.61 Å². The Balaban J connectivity index is 1.65. The summed E-state index contributed by atoms with van der Waals surface area (Å²) in [6.45, 7) is -0.0248. The fourth-order valence-corrected chi connectivity index (χ4v) is 2.32. The van der Waals surface area contributed by atoms with Crippen LogP contribution in [0.1, 0.15) is 16.2 Å². The van der Waals surface area contributed by atoms with Crippen molar-refractivity contribution < 1.29 is 22.8 Å². The van der Waals surface area contributed by atoms with Crippen molar-refractivity contribution in [3.63, 3.8) is 0 Å². The van der Waals surface area contributed by atoms with Crippen molar-refractivity contribution >= 4 is 17.5 Å². The number of primary amides is 1. The van der Waals surface area contributed by atoms with Gasteiger partial charge in [-0.2, -0.15) is 4.98 Å². The highest BCUT2D eigenvalue weighted by atomic mass is 35.5. The van der Waals surface area contributed by atoms with Crippen LogP contribution in [-0.4, -0.2) is 22.7 Å². The van der Waals surface area contributed by atoms with E-state index in [1.165, 1.54) is 0 Å². The average molecular weight is 380 g/mol. The van der Waals surface area contributed by atoms with Gasteiger partial charge in [0.25, 0.3) is 5.91 Å². The molecule has 1 amide bonds. The Morgan fingerprint density at radius 3 is 2.62 bits per heavy atom. The summed E-state index contributed by atoms with van der Waals surface area (Å²) < 4.78 is 37.8. The Labute approximate surface area is 151 Å². The van der Waals surface area contributed by atoms with E-state index in [4.69, 9.17) is 26.6 Å². The van der Waals surface area contributed by atoms with E-state index in [2.05, 4.69) is 10.1 Å². The molecule has 0 saturated heterocycles.